The van der Waals surface area contributed by atoms with Gasteiger partial charge < -0.3 is 0 Å². The second kappa shape index (κ2) is 8.21. The number of non-ortho nitro benzene ring substituents is 1. The Hall–Kier alpha value is -1.92. The summed E-state index contributed by atoms with van der Waals surface area (Å²) >= 11 is 13.0. The number of benzene rings is 1. The zero-order valence-electron chi connectivity index (χ0n) is 14.0. The summed E-state index contributed by atoms with van der Waals surface area (Å²) in [4.78, 5) is 23.5. The van der Waals surface area contributed by atoms with Gasteiger partial charge in [-0.05, 0) is 12.8 Å². The molecule has 1 aromatic rings. The lowest BCUT2D eigenvalue weighted by atomic mass is 10.1. The number of alkyl halides is 5. The molecule has 28 heavy (non-hydrogen) atoms. The van der Waals surface area contributed by atoms with Crippen molar-refractivity contribution in [3.63, 3.8) is 0 Å². The molecular formula is C14H11Cl2F3N4O4S. The lowest BCUT2D eigenvalue weighted by molar-refractivity contribution is -0.394. The van der Waals surface area contributed by atoms with Crippen LogP contribution in [0.2, 0.25) is 0 Å². The molecule has 152 valence electrons. The summed E-state index contributed by atoms with van der Waals surface area (Å²) in [5.41, 5.74) is -4.79. The fourth-order valence-electron chi connectivity index (χ4n) is 2.26. The molecule has 0 amide bonds. The van der Waals surface area contributed by atoms with Crippen molar-refractivity contribution in [2.24, 2.45) is 9.39 Å². The Morgan fingerprint density at radius 1 is 1.25 bits per heavy atom. The van der Waals surface area contributed by atoms with Gasteiger partial charge in [-0.25, -0.2) is 9.39 Å². The number of nitro groups is 2. The molecule has 0 spiro atoms. The van der Waals surface area contributed by atoms with E-state index in [0.717, 1.165) is 6.42 Å². The number of rotatable bonds is 6. The van der Waals surface area contributed by atoms with Crippen LogP contribution in [-0.4, -0.2) is 24.9 Å². The molecule has 1 aliphatic rings. The lowest BCUT2D eigenvalue weighted by Gasteiger charge is -2.16. The minimum Gasteiger partial charge on any atom is -0.258 e. The fourth-order valence-corrected chi connectivity index (χ4v) is 3.71. The quantitative estimate of drug-likeness (QED) is 0.224. The molecule has 2 rings (SSSR count). The van der Waals surface area contributed by atoms with Crippen LogP contribution in [0.3, 0.4) is 0 Å². The van der Waals surface area contributed by atoms with Gasteiger partial charge in [0.05, 0.1) is 27.2 Å². The van der Waals surface area contributed by atoms with E-state index in [0.29, 0.717) is 30.9 Å². The molecular weight excluding hydrogens is 448 g/mol. The predicted octanol–water partition coefficient (Wildman–Crippen LogP) is 6.02. The summed E-state index contributed by atoms with van der Waals surface area (Å²) < 4.78 is 42.4. The largest absolute Gasteiger partial charge is 0.418 e. The number of nitrogens with zero attached hydrogens (tertiary/aromatic N) is 4. The van der Waals surface area contributed by atoms with Crippen molar-refractivity contribution >= 4 is 63.0 Å². The van der Waals surface area contributed by atoms with Crippen LogP contribution in [-0.2, 0) is 6.18 Å². The first-order valence-electron chi connectivity index (χ1n) is 7.65. The van der Waals surface area contributed by atoms with Gasteiger partial charge in [-0.3, -0.25) is 20.2 Å². The molecule has 0 fully saturated rings. The highest BCUT2D eigenvalue weighted by molar-refractivity contribution is 8.14. The van der Waals surface area contributed by atoms with Gasteiger partial charge in [-0.15, -0.1) is 0 Å². The smallest absolute Gasteiger partial charge is 0.258 e. The van der Waals surface area contributed by atoms with Crippen molar-refractivity contribution in [3.05, 3.63) is 37.9 Å². The average Bonchev–Trinajstić information content (AvgIpc) is 2.85. The fraction of sp³-hybridized carbons (Fsp3) is 0.429. The second-order valence-corrected chi connectivity index (χ2v) is 7.68. The Labute approximate surface area is 170 Å². The first-order valence-corrected chi connectivity index (χ1v) is 9.17. The maximum absolute atomic E-state index is 13.4. The third-order valence-corrected chi connectivity index (χ3v) is 5.54. The zero-order chi connectivity index (χ0) is 21.3. The predicted molar refractivity (Wildman–Crippen MR) is 101 cm³/mol. The summed E-state index contributed by atoms with van der Waals surface area (Å²) in [6.45, 7) is 1.90. The van der Waals surface area contributed by atoms with Gasteiger partial charge in [0.25, 0.3) is 5.69 Å². The van der Waals surface area contributed by atoms with Crippen LogP contribution in [0.1, 0.15) is 31.7 Å². The number of hydrogen-bond acceptors (Lipinski definition) is 7. The molecule has 0 radical (unpaired) electrons. The van der Waals surface area contributed by atoms with Crippen LogP contribution in [0.15, 0.2) is 21.5 Å². The first-order chi connectivity index (χ1) is 12.9. The number of halogens is 5. The van der Waals surface area contributed by atoms with Gasteiger partial charge >= 0.3 is 11.9 Å². The van der Waals surface area contributed by atoms with Gasteiger partial charge in [0.1, 0.15) is 5.04 Å². The number of nitro benzene ring substituents is 2. The molecule has 0 saturated heterocycles. The first kappa shape index (κ1) is 22.4. The van der Waals surface area contributed by atoms with E-state index in [9.17, 15) is 33.4 Å². The van der Waals surface area contributed by atoms with Gasteiger partial charge in [0.15, 0.2) is 5.69 Å². The van der Waals surface area contributed by atoms with E-state index in [1.54, 1.807) is 0 Å². The maximum atomic E-state index is 13.4. The second-order valence-electron chi connectivity index (χ2n) is 5.60. The molecule has 1 aromatic carbocycles. The highest BCUT2D eigenvalue weighted by Gasteiger charge is 2.45. The molecule has 14 heteroatoms. The van der Waals surface area contributed by atoms with Crippen LogP contribution >= 0.6 is 35.1 Å². The highest BCUT2D eigenvalue weighted by atomic mass is 35.5. The van der Waals surface area contributed by atoms with Crippen LogP contribution in [0.25, 0.3) is 0 Å². The number of aliphatic imine (C=N–C) groups is 1. The van der Waals surface area contributed by atoms with E-state index < -0.39 is 43.0 Å². The Kier molecular flexibility index (Phi) is 6.56. The van der Waals surface area contributed by atoms with Crippen LogP contribution in [0, 0.1) is 20.2 Å². The molecule has 0 unspecified atom stereocenters. The van der Waals surface area contributed by atoms with E-state index in [4.69, 9.17) is 23.2 Å². The summed E-state index contributed by atoms with van der Waals surface area (Å²) in [7, 11) is 0. The van der Waals surface area contributed by atoms with E-state index in [2.05, 4.69) is 9.39 Å². The van der Waals surface area contributed by atoms with Crippen LogP contribution in [0.4, 0.5) is 30.2 Å². The summed E-state index contributed by atoms with van der Waals surface area (Å²) in [5, 5.41) is 21.8. The van der Waals surface area contributed by atoms with E-state index in [1.165, 1.54) is 0 Å². The SMILES string of the molecule is CCCCC1=NS/C(=N\c2c([N+](=O)[O-])cc([N+](=O)[O-])cc2C(F)(F)F)C1(Cl)Cl. The van der Waals surface area contributed by atoms with Gasteiger partial charge in [0.2, 0.25) is 4.33 Å². The minimum absolute atomic E-state index is 0.176. The van der Waals surface area contributed by atoms with Gasteiger partial charge in [-0.2, -0.15) is 13.2 Å². The van der Waals surface area contributed by atoms with Gasteiger partial charge in [-0.1, -0.05) is 36.5 Å². The van der Waals surface area contributed by atoms with Crippen LogP contribution in [0.5, 0.6) is 0 Å². The molecule has 0 aliphatic carbocycles. The normalized spacial score (nSPS) is 17.6. The molecule has 1 aliphatic heterocycles. The zero-order valence-corrected chi connectivity index (χ0v) is 16.3. The topological polar surface area (TPSA) is 111 Å². The monoisotopic (exact) mass is 458 g/mol. The van der Waals surface area contributed by atoms with Crippen molar-refractivity contribution in [2.45, 2.75) is 36.7 Å². The highest BCUT2D eigenvalue weighted by Crippen LogP contribution is 2.47. The summed E-state index contributed by atoms with van der Waals surface area (Å²) in [5.74, 6) is 0. The Morgan fingerprint density at radius 3 is 2.39 bits per heavy atom. The molecule has 0 N–H and O–H groups in total. The molecule has 1 heterocycles. The van der Waals surface area contributed by atoms with Crippen molar-refractivity contribution in [3.8, 4) is 0 Å². The molecule has 0 atom stereocenters. The maximum Gasteiger partial charge on any atom is 0.418 e. The average molecular weight is 459 g/mol. The Balaban J connectivity index is 2.67. The van der Waals surface area contributed by atoms with E-state index in [-0.39, 0.29) is 16.8 Å². The third kappa shape index (κ3) is 4.55. The Bertz CT molecular complexity index is 890. The minimum atomic E-state index is -5.15. The summed E-state index contributed by atoms with van der Waals surface area (Å²) in [6, 6.07) is 0.576. The molecule has 0 bridgehead atoms. The molecule has 8 nitrogen and oxygen atoms in total. The number of hydrogen-bond donors (Lipinski definition) is 0. The third-order valence-electron chi connectivity index (χ3n) is 3.64. The van der Waals surface area contributed by atoms with Gasteiger partial charge in [0, 0.05) is 18.0 Å². The lowest BCUT2D eigenvalue weighted by Crippen LogP contribution is -2.29. The van der Waals surface area contributed by atoms with Crippen molar-refractivity contribution in [2.75, 3.05) is 0 Å². The van der Waals surface area contributed by atoms with E-state index in [1.807, 2.05) is 6.92 Å². The number of unbranched alkanes of at least 4 members (excludes halogenated alkanes) is 1. The van der Waals surface area contributed by atoms with E-state index >= 15 is 0 Å². The standard InChI is InChI=1S/C14H11Cl2F3N4O4S/c1-2-3-4-10-13(15,16)12(28-21-10)20-11-8(14(17,18)19)5-7(22(24)25)6-9(11)23(26)27/h5-6H,2-4H2,1H3/b20-12-. The van der Waals surface area contributed by atoms with Crippen molar-refractivity contribution in [1.82, 2.24) is 0 Å². The molecule has 0 aromatic heterocycles. The Morgan fingerprint density at radius 2 is 1.89 bits per heavy atom. The van der Waals surface area contributed by atoms with Crippen LogP contribution < -0.4 is 0 Å². The van der Waals surface area contributed by atoms with Crippen molar-refractivity contribution in [1.29, 1.82) is 0 Å². The molecule has 0 saturated carbocycles. The summed E-state index contributed by atoms with van der Waals surface area (Å²) in [6.07, 6.45) is -3.33. The van der Waals surface area contributed by atoms with Crippen molar-refractivity contribution < 1.29 is 23.0 Å².